The Hall–Kier alpha value is -2.34. The normalized spacial score (nSPS) is 13.5. The Morgan fingerprint density at radius 1 is 1.15 bits per heavy atom. The second kappa shape index (κ2) is 7.50. The number of nitrogens with zero attached hydrogens (tertiary/aromatic N) is 2. The molecule has 0 bridgehead atoms. The van der Waals surface area contributed by atoms with Gasteiger partial charge in [0.15, 0.2) is 0 Å². The van der Waals surface area contributed by atoms with Crippen LogP contribution in [0.4, 0.5) is 11.4 Å². The lowest BCUT2D eigenvalue weighted by atomic mass is 10.2. The Labute approximate surface area is 155 Å². The van der Waals surface area contributed by atoms with E-state index in [2.05, 4.69) is 0 Å². The minimum Gasteiger partial charge on any atom is -0.312 e. The number of aryl methyl sites for hydroxylation is 1. The summed E-state index contributed by atoms with van der Waals surface area (Å²) in [6, 6.07) is 15.3. The molecule has 0 atom stereocenters. The van der Waals surface area contributed by atoms with Crippen molar-refractivity contribution in [1.82, 2.24) is 0 Å². The number of amides is 1. The summed E-state index contributed by atoms with van der Waals surface area (Å²) in [5, 5.41) is 0. The van der Waals surface area contributed by atoms with E-state index in [4.69, 9.17) is 0 Å². The first-order chi connectivity index (χ1) is 12.4. The second-order valence-electron chi connectivity index (χ2n) is 6.70. The first-order valence-corrected chi connectivity index (χ1v) is 10.6. The van der Waals surface area contributed by atoms with Crippen LogP contribution in [-0.4, -0.2) is 33.7 Å². The third kappa shape index (κ3) is 4.07. The molecule has 0 saturated carbocycles. The zero-order valence-corrected chi connectivity index (χ0v) is 16.0. The lowest BCUT2D eigenvalue weighted by Crippen LogP contribution is -2.33. The van der Waals surface area contributed by atoms with Crippen molar-refractivity contribution < 1.29 is 13.2 Å². The molecular weight excluding hydrogens is 348 g/mol. The van der Waals surface area contributed by atoms with Crippen LogP contribution in [-0.2, 0) is 21.2 Å². The van der Waals surface area contributed by atoms with E-state index < -0.39 is 10.0 Å². The van der Waals surface area contributed by atoms with E-state index in [9.17, 15) is 13.2 Å². The minimum atomic E-state index is -3.39. The highest BCUT2D eigenvalue weighted by molar-refractivity contribution is 7.92. The molecule has 1 amide bonds. The van der Waals surface area contributed by atoms with Crippen LogP contribution in [0.1, 0.15) is 24.0 Å². The summed E-state index contributed by atoms with van der Waals surface area (Å²) in [5.74, 6) is 0.0487. The predicted octanol–water partition coefficient (Wildman–Crippen LogP) is 3.13. The fourth-order valence-corrected chi connectivity index (χ4v) is 4.33. The number of fused-ring (bicyclic) bond motifs is 1. The number of benzene rings is 2. The molecule has 2 aromatic carbocycles. The molecule has 5 nitrogen and oxygen atoms in total. The summed E-state index contributed by atoms with van der Waals surface area (Å²) >= 11 is 0. The van der Waals surface area contributed by atoms with E-state index in [0.717, 1.165) is 17.7 Å². The molecule has 0 fully saturated rings. The SMILES string of the molecule is Cc1cccc(N(CCCC(=O)N2CCc3ccccc32)S(C)(=O)=O)c1. The summed E-state index contributed by atoms with van der Waals surface area (Å²) in [6.45, 7) is 2.92. The third-order valence-corrected chi connectivity index (χ3v) is 5.82. The van der Waals surface area contributed by atoms with E-state index in [1.807, 2.05) is 54.3 Å². The van der Waals surface area contributed by atoms with Crippen LogP contribution in [0.15, 0.2) is 48.5 Å². The quantitative estimate of drug-likeness (QED) is 0.783. The number of hydrogen-bond donors (Lipinski definition) is 0. The predicted molar refractivity (Wildman–Crippen MR) is 105 cm³/mol. The number of carbonyl (C=O) groups excluding carboxylic acids is 1. The molecule has 0 unspecified atom stereocenters. The fourth-order valence-electron chi connectivity index (χ4n) is 3.38. The Balaban J connectivity index is 1.65. The van der Waals surface area contributed by atoms with Gasteiger partial charge in [0, 0.05) is 25.2 Å². The molecule has 6 heteroatoms. The molecule has 0 spiro atoms. The Kier molecular flexibility index (Phi) is 5.32. The highest BCUT2D eigenvalue weighted by Crippen LogP contribution is 2.28. The van der Waals surface area contributed by atoms with Gasteiger partial charge in [-0.05, 0) is 49.1 Å². The Morgan fingerprint density at radius 2 is 1.92 bits per heavy atom. The Morgan fingerprint density at radius 3 is 2.65 bits per heavy atom. The van der Waals surface area contributed by atoms with E-state index in [0.29, 0.717) is 31.6 Å². The molecule has 0 aliphatic carbocycles. The molecule has 26 heavy (non-hydrogen) atoms. The minimum absolute atomic E-state index is 0.0487. The van der Waals surface area contributed by atoms with Gasteiger partial charge < -0.3 is 4.90 Å². The highest BCUT2D eigenvalue weighted by atomic mass is 32.2. The summed E-state index contributed by atoms with van der Waals surface area (Å²) < 4.78 is 25.7. The molecule has 138 valence electrons. The van der Waals surface area contributed by atoms with E-state index >= 15 is 0 Å². The first kappa shape index (κ1) is 18.5. The number of sulfonamides is 1. The van der Waals surface area contributed by atoms with Crippen LogP contribution in [0, 0.1) is 6.92 Å². The monoisotopic (exact) mass is 372 g/mol. The van der Waals surface area contributed by atoms with Crippen LogP contribution in [0.3, 0.4) is 0 Å². The van der Waals surface area contributed by atoms with Crippen molar-refractivity contribution in [3.63, 3.8) is 0 Å². The smallest absolute Gasteiger partial charge is 0.232 e. The molecule has 1 aliphatic rings. The third-order valence-electron chi connectivity index (χ3n) is 4.63. The van der Waals surface area contributed by atoms with Crippen molar-refractivity contribution in [2.45, 2.75) is 26.2 Å². The van der Waals surface area contributed by atoms with Gasteiger partial charge in [-0.1, -0.05) is 30.3 Å². The number of hydrogen-bond acceptors (Lipinski definition) is 3. The van der Waals surface area contributed by atoms with Crippen molar-refractivity contribution in [2.24, 2.45) is 0 Å². The average molecular weight is 372 g/mol. The van der Waals surface area contributed by atoms with Crippen LogP contribution >= 0.6 is 0 Å². The van der Waals surface area contributed by atoms with Crippen LogP contribution in [0.25, 0.3) is 0 Å². The largest absolute Gasteiger partial charge is 0.312 e. The molecule has 2 aromatic rings. The summed E-state index contributed by atoms with van der Waals surface area (Å²) in [4.78, 5) is 14.4. The van der Waals surface area contributed by atoms with Gasteiger partial charge in [0.05, 0.1) is 11.9 Å². The molecule has 1 aliphatic heterocycles. The average Bonchev–Trinajstić information content (AvgIpc) is 3.01. The number of rotatable bonds is 6. The van der Waals surface area contributed by atoms with Gasteiger partial charge >= 0.3 is 0 Å². The van der Waals surface area contributed by atoms with Gasteiger partial charge in [-0.3, -0.25) is 9.10 Å². The summed E-state index contributed by atoms with van der Waals surface area (Å²) in [6.07, 6.45) is 2.89. The van der Waals surface area contributed by atoms with Gasteiger partial charge in [0.25, 0.3) is 0 Å². The van der Waals surface area contributed by atoms with Crippen LogP contribution in [0.2, 0.25) is 0 Å². The van der Waals surface area contributed by atoms with E-state index in [1.54, 1.807) is 6.07 Å². The molecule has 0 N–H and O–H groups in total. The summed E-state index contributed by atoms with van der Waals surface area (Å²) in [7, 11) is -3.39. The summed E-state index contributed by atoms with van der Waals surface area (Å²) in [5.41, 5.74) is 3.82. The number of para-hydroxylation sites is 1. The van der Waals surface area contributed by atoms with Crippen LogP contribution < -0.4 is 9.21 Å². The lowest BCUT2D eigenvalue weighted by molar-refractivity contribution is -0.118. The number of anilines is 2. The van der Waals surface area contributed by atoms with Crippen LogP contribution in [0.5, 0.6) is 0 Å². The lowest BCUT2D eigenvalue weighted by Gasteiger charge is -2.23. The van der Waals surface area contributed by atoms with Crippen molar-refractivity contribution >= 4 is 27.3 Å². The molecule has 0 aromatic heterocycles. The van der Waals surface area contributed by atoms with Crippen molar-refractivity contribution in [2.75, 3.05) is 28.6 Å². The topological polar surface area (TPSA) is 57.7 Å². The second-order valence-corrected chi connectivity index (χ2v) is 8.61. The van der Waals surface area contributed by atoms with E-state index in [1.165, 1.54) is 16.1 Å². The van der Waals surface area contributed by atoms with Gasteiger partial charge in [0.2, 0.25) is 15.9 Å². The maximum Gasteiger partial charge on any atom is 0.232 e. The maximum absolute atomic E-state index is 12.6. The molecule has 0 radical (unpaired) electrons. The van der Waals surface area contributed by atoms with E-state index in [-0.39, 0.29) is 5.91 Å². The molecular formula is C20H24N2O3S. The fraction of sp³-hybridized carbons (Fsp3) is 0.350. The highest BCUT2D eigenvalue weighted by Gasteiger charge is 2.24. The van der Waals surface area contributed by atoms with Gasteiger partial charge in [-0.15, -0.1) is 0 Å². The molecule has 0 saturated heterocycles. The van der Waals surface area contributed by atoms with Gasteiger partial charge in [-0.2, -0.15) is 0 Å². The number of carbonyl (C=O) groups is 1. The molecule has 1 heterocycles. The van der Waals surface area contributed by atoms with Gasteiger partial charge in [-0.25, -0.2) is 8.42 Å². The van der Waals surface area contributed by atoms with Gasteiger partial charge in [0.1, 0.15) is 0 Å². The maximum atomic E-state index is 12.6. The van der Waals surface area contributed by atoms with Crippen molar-refractivity contribution in [3.05, 3.63) is 59.7 Å². The zero-order chi connectivity index (χ0) is 18.7. The Bertz CT molecular complexity index is 909. The first-order valence-electron chi connectivity index (χ1n) is 8.79. The van der Waals surface area contributed by atoms with Crippen molar-refractivity contribution in [3.8, 4) is 0 Å². The van der Waals surface area contributed by atoms with Crippen molar-refractivity contribution in [1.29, 1.82) is 0 Å². The zero-order valence-electron chi connectivity index (χ0n) is 15.2. The standard InChI is InChI=1S/C20H24N2O3S/c1-16-7-5-9-18(15-16)22(26(2,24)25)13-6-11-20(23)21-14-12-17-8-3-4-10-19(17)21/h3-5,7-10,15H,6,11-14H2,1-2H3. The molecule has 3 rings (SSSR count).